The van der Waals surface area contributed by atoms with Gasteiger partial charge in [0, 0.05) is 5.56 Å². The molecule has 1 aliphatic carbocycles. The highest BCUT2D eigenvalue weighted by molar-refractivity contribution is 8.00. The zero-order valence-electron chi connectivity index (χ0n) is 12.9. The van der Waals surface area contributed by atoms with Crippen molar-refractivity contribution in [3.8, 4) is 0 Å². The van der Waals surface area contributed by atoms with Crippen LogP contribution in [-0.4, -0.2) is 31.3 Å². The van der Waals surface area contributed by atoms with Crippen LogP contribution >= 0.6 is 23.1 Å². The monoisotopic (exact) mass is 351 g/mol. The number of carbonyl (C=O) groups is 1. The van der Waals surface area contributed by atoms with Crippen molar-refractivity contribution >= 4 is 34.1 Å². The van der Waals surface area contributed by atoms with Crippen molar-refractivity contribution in [2.24, 2.45) is 0 Å². The number of H-pyrrole nitrogens is 1. The average molecular weight is 351 g/mol. The first-order chi connectivity index (χ1) is 11.0. The maximum atomic E-state index is 12.2. The molecule has 23 heavy (non-hydrogen) atoms. The topological polar surface area (TPSA) is 101 Å². The number of hydrogen-bond donors (Lipinski definition) is 2. The summed E-state index contributed by atoms with van der Waals surface area (Å²) >= 11 is 2.57. The van der Waals surface area contributed by atoms with Crippen molar-refractivity contribution in [1.29, 1.82) is 0 Å². The summed E-state index contributed by atoms with van der Waals surface area (Å²) in [4.78, 5) is 31.6. The van der Waals surface area contributed by atoms with Gasteiger partial charge in [0.1, 0.15) is 5.01 Å². The molecule has 2 N–H and O–H groups in total. The Labute approximate surface area is 141 Å². The molecule has 7 nitrogen and oxygen atoms in total. The molecular weight excluding hydrogens is 334 g/mol. The standard InChI is InChI=1S/C14H17N5O2S2/c1-7(11(20)16-14-19-18-8(2)23-14)22-13-15-10-6-4-3-5-9(10)12(21)17-13/h7H,3-6H2,1-2H3,(H,15,17,21)(H,16,19,20)/t7-/m1/s1. The van der Waals surface area contributed by atoms with Crippen LogP contribution in [0.25, 0.3) is 0 Å². The van der Waals surface area contributed by atoms with E-state index in [2.05, 4.69) is 25.5 Å². The highest BCUT2D eigenvalue weighted by Crippen LogP contribution is 2.23. The Morgan fingerprint density at radius 3 is 2.87 bits per heavy atom. The van der Waals surface area contributed by atoms with Crippen molar-refractivity contribution in [1.82, 2.24) is 20.2 Å². The molecule has 2 aromatic rings. The second-order valence-corrected chi connectivity index (χ2v) is 7.89. The SMILES string of the molecule is Cc1nnc(NC(=O)[C@@H](C)Sc2nc3c(c(=O)[nH]2)CCCC3)s1. The van der Waals surface area contributed by atoms with Crippen molar-refractivity contribution in [3.63, 3.8) is 0 Å². The molecule has 122 valence electrons. The zero-order valence-corrected chi connectivity index (χ0v) is 14.5. The number of fused-ring (bicyclic) bond motifs is 1. The van der Waals surface area contributed by atoms with E-state index >= 15 is 0 Å². The quantitative estimate of drug-likeness (QED) is 0.645. The van der Waals surface area contributed by atoms with Crippen molar-refractivity contribution in [2.75, 3.05) is 5.32 Å². The lowest BCUT2D eigenvalue weighted by Gasteiger charge is -2.15. The van der Waals surface area contributed by atoms with Crippen molar-refractivity contribution < 1.29 is 4.79 Å². The number of carbonyl (C=O) groups excluding carboxylic acids is 1. The number of thioether (sulfide) groups is 1. The van der Waals surface area contributed by atoms with E-state index in [4.69, 9.17) is 0 Å². The summed E-state index contributed by atoms with van der Waals surface area (Å²) in [5.74, 6) is -0.188. The molecular formula is C14H17N5O2S2. The van der Waals surface area contributed by atoms with E-state index in [1.54, 1.807) is 6.92 Å². The summed E-state index contributed by atoms with van der Waals surface area (Å²) in [7, 11) is 0. The summed E-state index contributed by atoms with van der Waals surface area (Å²) in [6.45, 7) is 3.60. The van der Waals surface area contributed by atoms with Crippen LogP contribution in [-0.2, 0) is 17.6 Å². The molecule has 1 aliphatic rings. The number of hydrogen-bond acceptors (Lipinski definition) is 7. The number of anilines is 1. The van der Waals surface area contributed by atoms with Gasteiger partial charge in [0.2, 0.25) is 11.0 Å². The van der Waals surface area contributed by atoms with E-state index in [0.29, 0.717) is 10.3 Å². The Kier molecular flexibility index (Phi) is 4.76. The Morgan fingerprint density at radius 2 is 2.13 bits per heavy atom. The Hall–Kier alpha value is -1.74. The lowest BCUT2D eigenvalue weighted by Crippen LogP contribution is -2.25. The van der Waals surface area contributed by atoms with Crippen molar-refractivity contribution in [3.05, 3.63) is 26.6 Å². The number of aromatic nitrogens is 4. The Morgan fingerprint density at radius 1 is 1.35 bits per heavy atom. The molecule has 0 radical (unpaired) electrons. The number of nitrogens with zero attached hydrogens (tertiary/aromatic N) is 3. The van der Waals surface area contributed by atoms with Gasteiger partial charge in [-0.1, -0.05) is 23.1 Å². The Bertz CT molecular complexity index is 786. The third kappa shape index (κ3) is 3.78. The van der Waals surface area contributed by atoms with Gasteiger partial charge in [-0.25, -0.2) is 4.98 Å². The van der Waals surface area contributed by atoms with Crippen molar-refractivity contribution in [2.45, 2.75) is 49.9 Å². The normalized spacial score (nSPS) is 15.0. The van der Waals surface area contributed by atoms with E-state index in [9.17, 15) is 9.59 Å². The third-order valence-corrected chi connectivity index (χ3v) is 5.32. The third-order valence-electron chi connectivity index (χ3n) is 3.58. The minimum absolute atomic E-state index is 0.0791. The maximum absolute atomic E-state index is 12.2. The summed E-state index contributed by atoms with van der Waals surface area (Å²) < 4.78 is 0. The average Bonchev–Trinajstić information content (AvgIpc) is 2.92. The number of aryl methyl sites for hydroxylation is 2. The minimum atomic E-state index is -0.399. The van der Waals surface area contributed by atoms with E-state index in [0.717, 1.165) is 41.9 Å². The van der Waals surface area contributed by atoms with E-state index < -0.39 is 5.25 Å². The largest absolute Gasteiger partial charge is 0.301 e. The molecule has 1 amide bonds. The predicted octanol–water partition coefficient (Wildman–Crippen LogP) is 1.93. The summed E-state index contributed by atoms with van der Waals surface area (Å²) in [5.41, 5.74) is 1.58. The van der Waals surface area contributed by atoms with Crippen LogP contribution in [0.1, 0.15) is 36.0 Å². The van der Waals surface area contributed by atoms with E-state index in [-0.39, 0.29) is 11.5 Å². The second kappa shape index (κ2) is 6.79. The number of rotatable bonds is 4. The molecule has 1 atom stereocenters. The smallest absolute Gasteiger partial charge is 0.254 e. The summed E-state index contributed by atoms with van der Waals surface area (Å²) in [5, 5.41) is 11.8. The predicted molar refractivity (Wildman–Crippen MR) is 90.1 cm³/mol. The molecule has 0 unspecified atom stereocenters. The molecule has 0 fully saturated rings. The molecule has 0 aromatic carbocycles. The van der Waals surface area contributed by atoms with Gasteiger partial charge < -0.3 is 4.98 Å². The van der Waals surface area contributed by atoms with Crippen LogP contribution in [0.4, 0.5) is 5.13 Å². The van der Waals surface area contributed by atoms with Gasteiger partial charge in [-0.05, 0) is 39.5 Å². The lowest BCUT2D eigenvalue weighted by molar-refractivity contribution is -0.115. The zero-order chi connectivity index (χ0) is 16.4. The summed E-state index contributed by atoms with van der Waals surface area (Å²) in [6, 6.07) is 0. The molecule has 2 heterocycles. The molecule has 3 rings (SSSR count). The van der Waals surface area contributed by atoms with Gasteiger partial charge in [-0.2, -0.15) is 0 Å². The van der Waals surface area contributed by atoms with E-state index in [1.165, 1.54) is 23.1 Å². The fraction of sp³-hybridized carbons (Fsp3) is 0.500. The van der Waals surface area contributed by atoms with Gasteiger partial charge in [0.25, 0.3) is 5.56 Å². The first-order valence-corrected chi connectivity index (χ1v) is 9.12. The van der Waals surface area contributed by atoms with Gasteiger partial charge in [-0.15, -0.1) is 10.2 Å². The minimum Gasteiger partial charge on any atom is -0.301 e. The van der Waals surface area contributed by atoms with Gasteiger partial charge >= 0.3 is 0 Å². The Balaban J connectivity index is 1.70. The molecule has 0 aliphatic heterocycles. The molecule has 0 bridgehead atoms. The molecule has 2 aromatic heterocycles. The maximum Gasteiger partial charge on any atom is 0.254 e. The van der Waals surface area contributed by atoms with E-state index in [1.807, 2.05) is 6.92 Å². The molecule has 9 heteroatoms. The number of amides is 1. The first-order valence-electron chi connectivity index (χ1n) is 7.42. The van der Waals surface area contributed by atoms with Gasteiger partial charge in [0.05, 0.1) is 10.9 Å². The molecule has 0 saturated carbocycles. The fourth-order valence-electron chi connectivity index (χ4n) is 2.41. The summed E-state index contributed by atoms with van der Waals surface area (Å²) in [6.07, 6.45) is 3.71. The van der Waals surface area contributed by atoms with Crippen LogP contribution in [0.2, 0.25) is 0 Å². The van der Waals surface area contributed by atoms with Crippen LogP contribution < -0.4 is 10.9 Å². The van der Waals surface area contributed by atoms with Crippen LogP contribution in [0, 0.1) is 6.92 Å². The lowest BCUT2D eigenvalue weighted by atomic mass is 9.97. The molecule has 0 saturated heterocycles. The highest BCUT2D eigenvalue weighted by Gasteiger charge is 2.20. The highest BCUT2D eigenvalue weighted by atomic mass is 32.2. The fourth-order valence-corrected chi connectivity index (χ4v) is 3.82. The second-order valence-electron chi connectivity index (χ2n) is 5.38. The molecule has 0 spiro atoms. The van der Waals surface area contributed by atoms with Crippen LogP contribution in [0.15, 0.2) is 9.95 Å². The first kappa shape index (κ1) is 16.1. The van der Waals surface area contributed by atoms with Crippen LogP contribution in [0.3, 0.4) is 0 Å². The number of nitrogens with one attached hydrogen (secondary N) is 2. The van der Waals surface area contributed by atoms with Gasteiger partial charge in [-0.3, -0.25) is 14.9 Å². The van der Waals surface area contributed by atoms with Gasteiger partial charge in [0.15, 0.2) is 5.16 Å². The van der Waals surface area contributed by atoms with Crippen LogP contribution in [0.5, 0.6) is 0 Å². The number of aromatic amines is 1.